The first-order chi connectivity index (χ1) is 6.58. The molecule has 1 saturated carbocycles. The van der Waals surface area contributed by atoms with Crippen molar-refractivity contribution in [1.82, 2.24) is 0 Å². The summed E-state index contributed by atoms with van der Waals surface area (Å²) in [4.78, 5) is 0. The Morgan fingerprint density at radius 3 is 2.57 bits per heavy atom. The zero-order valence-corrected chi connectivity index (χ0v) is 7.75. The zero-order valence-electron chi connectivity index (χ0n) is 7.75. The number of phenols is 1. The van der Waals surface area contributed by atoms with Gasteiger partial charge in [-0.1, -0.05) is 0 Å². The number of phenolic OH excluding ortho intramolecular Hbond substituents is 1. The van der Waals surface area contributed by atoms with Gasteiger partial charge in [0.25, 0.3) is 0 Å². The van der Waals surface area contributed by atoms with Crippen LogP contribution in [0.15, 0.2) is 12.1 Å². The molecule has 1 aromatic carbocycles. The van der Waals surface area contributed by atoms with Crippen molar-refractivity contribution in [3.8, 4) is 11.5 Å². The van der Waals surface area contributed by atoms with E-state index in [0.29, 0.717) is 12.8 Å². The molecule has 76 valence electrons. The molecule has 0 radical (unpaired) electrons. The number of rotatable bonds is 2. The topological polar surface area (TPSA) is 49.7 Å². The highest BCUT2D eigenvalue weighted by Gasteiger charge is 2.44. The van der Waals surface area contributed by atoms with Gasteiger partial charge in [-0.3, -0.25) is 0 Å². The molecule has 0 spiro atoms. The molecule has 0 heterocycles. The van der Waals surface area contributed by atoms with E-state index in [0.717, 1.165) is 0 Å². The molecule has 1 aliphatic rings. The molecule has 0 amide bonds. The molecule has 0 bridgehead atoms. The second kappa shape index (κ2) is 2.85. The highest BCUT2D eigenvalue weighted by molar-refractivity contribution is 5.46. The van der Waals surface area contributed by atoms with Crippen LogP contribution in [0.25, 0.3) is 0 Å². The average molecular weight is 198 g/mol. The van der Waals surface area contributed by atoms with Gasteiger partial charge in [0.15, 0.2) is 11.5 Å². The largest absolute Gasteiger partial charge is 0.504 e. The van der Waals surface area contributed by atoms with E-state index >= 15 is 0 Å². The van der Waals surface area contributed by atoms with Crippen LogP contribution >= 0.6 is 0 Å². The van der Waals surface area contributed by atoms with E-state index in [4.69, 9.17) is 4.74 Å². The van der Waals surface area contributed by atoms with Crippen molar-refractivity contribution in [2.24, 2.45) is 0 Å². The first-order valence-corrected chi connectivity index (χ1v) is 4.37. The maximum Gasteiger partial charge on any atom is 0.206 e. The summed E-state index contributed by atoms with van der Waals surface area (Å²) in [5.41, 5.74) is -0.784. The van der Waals surface area contributed by atoms with Gasteiger partial charge in [-0.05, 0) is 25.0 Å². The van der Waals surface area contributed by atoms with E-state index in [2.05, 4.69) is 0 Å². The number of benzene rings is 1. The van der Waals surface area contributed by atoms with Crippen molar-refractivity contribution < 1.29 is 19.3 Å². The first kappa shape index (κ1) is 9.27. The number of ether oxygens (including phenoxy) is 1. The minimum Gasteiger partial charge on any atom is -0.504 e. The molecular weight excluding hydrogens is 187 g/mol. The molecular formula is C10H11FO3. The molecule has 1 aromatic rings. The molecule has 0 unspecified atom stereocenters. The second-order valence-electron chi connectivity index (χ2n) is 3.51. The van der Waals surface area contributed by atoms with Crippen LogP contribution in [0.1, 0.15) is 18.4 Å². The van der Waals surface area contributed by atoms with Gasteiger partial charge >= 0.3 is 0 Å². The Bertz CT molecular complexity index is 372. The second-order valence-corrected chi connectivity index (χ2v) is 3.51. The van der Waals surface area contributed by atoms with Gasteiger partial charge in [-0.15, -0.1) is 0 Å². The quantitative estimate of drug-likeness (QED) is 0.757. The van der Waals surface area contributed by atoms with Crippen LogP contribution in [0.3, 0.4) is 0 Å². The number of hydrogen-bond acceptors (Lipinski definition) is 3. The standard InChI is InChI=1S/C10H11FO3/c1-14-7-3-2-6(9(12)8(7)11)10(13)4-5-10/h2-3,12-13H,4-5H2,1H3. The number of halogens is 1. The molecule has 4 heteroatoms. The van der Waals surface area contributed by atoms with E-state index in [9.17, 15) is 14.6 Å². The number of aromatic hydroxyl groups is 1. The lowest BCUT2D eigenvalue weighted by molar-refractivity contribution is 0.146. The minimum atomic E-state index is -1.03. The maximum absolute atomic E-state index is 13.3. The van der Waals surface area contributed by atoms with Gasteiger partial charge in [0.05, 0.1) is 12.7 Å². The fourth-order valence-electron chi connectivity index (χ4n) is 1.47. The van der Waals surface area contributed by atoms with Crippen molar-refractivity contribution in [2.45, 2.75) is 18.4 Å². The first-order valence-electron chi connectivity index (χ1n) is 4.37. The van der Waals surface area contributed by atoms with Crippen molar-refractivity contribution in [2.75, 3.05) is 7.11 Å². The van der Waals surface area contributed by atoms with Crippen LogP contribution in [0.2, 0.25) is 0 Å². The average Bonchev–Trinajstić information content (AvgIpc) is 2.89. The van der Waals surface area contributed by atoms with Crippen molar-refractivity contribution in [3.63, 3.8) is 0 Å². The fourth-order valence-corrected chi connectivity index (χ4v) is 1.47. The van der Waals surface area contributed by atoms with Crippen molar-refractivity contribution in [1.29, 1.82) is 0 Å². The lowest BCUT2D eigenvalue weighted by atomic mass is 10.1. The summed E-state index contributed by atoms with van der Waals surface area (Å²) in [7, 11) is 1.32. The predicted molar refractivity (Wildman–Crippen MR) is 47.7 cm³/mol. The van der Waals surface area contributed by atoms with E-state index < -0.39 is 17.2 Å². The predicted octanol–water partition coefficient (Wildman–Crippen LogP) is 1.52. The molecule has 0 saturated heterocycles. The van der Waals surface area contributed by atoms with Gasteiger partial charge in [0.1, 0.15) is 0 Å². The summed E-state index contributed by atoms with van der Waals surface area (Å²) in [5.74, 6) is -1.34. The van der Waals surface area contributed by atoms with Crippen LogP contribution in [-0.4, -0.2) is 17.3 Å². The molecule has 2 rings (SSSR count). The van der Waals surface area contributed by atoms with Gasteiger partial charge in [0.2, 0.25) is 5.82 Å². The summed E-state index contributed by atoms with van der Waals surface area (Å²) < 4.78 is 18.0. The summed E-state index contributed by atoms with van der Waals surface area (Å²) in [6, 6.07) is 2.89. The van der Waals surface area contributed by atoms with Crippen molar-refractivity contribution in [3.05, 3.63) is 23.5 Å². The van der Waals surface area contributed by atoms with Gasteiger partial charge in [-0.2, -0.15) is 4.39 Å². The lowest BCUT2D eigenvalue weighted by Gasteiger charge is -2.12. The fraction of sp³-hybridized carbons (Fsp3) is 0.400. The van der Waals surface area contributed by atoms with E-state index in [-0.39, 0.29) is 11.3 Å². The molecule has 14 heavy (non-hydrogen) atoms. The molecule has 0 aliphatic heterocycles. The Kier molecular flexibility index (Phi) is 1.89. The van der Waals surface area contributed by atoms with E-state index in [1.807, 2.05) is 0 Å². The van der Waals surface area contributed by atoms with Gasteiger partial charge in [0, 0.05) is 5.56 Å². The van der Waals surface area contributed by atoms with Crippen molar-refractivity contribution >= 4 is 0 Å². The Labute approximate surface area is 80.8 Å². The Morgan fingerprint density at radius 1 is 1.43 bits per heavy atom. The maximum atomic E-state index is 13.3. The number of hydrogen-bond donors (Lipinski definition) is 2. The third-order valence-electron chi connectivity index (χ3n) is 2.53. The highest BCUT2D eigenvalue weighted by atomic mass is 19.1. The van der Waals surface area contributed by atoms with Crippen LogP contribution in [0.5, 0.6) is 11.5 Å². The monoisotopic (exact) mass is 198 g/mol. The van der Waals surface area contributed by atoms with Crippen LogP contribution in [-0.2, 0) is 5.60 Å². The normalized spacial score (nSPS) is 17.9. The van der Waals surface area contributed by atoms with Gasteiger partial charge in [-0.25, -0.2) is 0 Å². The molecule has 1 fully saturated rings. The third kappa shape index (κ3) is 1.23. The highest BCUT2D eigenvalue weighted by Crippen LogP contribution is 2.49. The molecule has 3 nitrogen and oxygen atoms in total. The summed E-state index contributed by atoms with van der Waals surface area (Å²) in [5, 5.41) is 19.2. The lowest BCUT2D eigenvalue weighted by Crippen LogP contribution is -2.05. The SMILES string of the molecule is COc1ccc(C2(O)CC2)c(O)c1F. The summed E-state index contributed by atoms with van der Waals surface area (Å²) in [6.45, 7) is 0. The molecule has 0 aromatic heterocycles. The van der Waals surface area contributed by atoms with Crippen LogP contribution in [0.4, 0.5) is 4.39 Å². The van der Waals surface area contributed by atoms with Crippen LogP contribution < -0.4 is 4.74 Å². The third-order valence-corrected chi connectivity index (χ3v) is 2.53. The zero-order chi connectivity index (χ0) is 10.3. The van der Waals surface area contributed by atoms with E-state index in [1.165, 1.54) is 19.2 Å². The van der Waals surface area contributed by atoms with E-state index in [1.54, 1.807) is 0 Å². The van der Waals surface area contributed by atoms with Gasteiger partial charge < -0.3 is 14.9 Å². The molecule has 2 N–H and O–H groups in total. The molecule has 0 atom stereocenters. The number of aliphatic hydroxyl groups is 1. The summed E-state index contributed by atoms with van der Waals surface area (Å²) in [6.07, 6.45) is 1.12. The smallest absolute Gasteiger partial charge is 0.206 e. The number of methoxy groups -OCH3 is 1. The summed E-state index contributed by atoms with van der Waals surface area (Å²) >= 11 is 0. The Balaban J connectivity index is 2.49. The minimum absolute atomic E-state index is 0.0181. The Hall–Kier alpha value is -1.29. The van der Waals surface area contributed by atoms with Crippen LogP contribution in [0, 0.1) is 5.82 Å². The molecule has 1 aliphatic carbocycles. The Morgan fingerprint density at radius 2 is 2.07 bits per heavy atom.